The Hall–Kier alpha value is -3.67. The fourth-order valence-electron chi connectivity index (χ4n) is 5.63. The molecule has 0 aliphatic heterocycles. The largest absolute Gasteiger partial charge is 0.494 e. The predicted molar refractivity (Wildman–Crippen MR) is 183 cm³/mol. The Bertz CT molecular complexity index is 1650. The number of anilines is 1. The van der Waals surface area contributed by atoms with Crippen LogP contribution in [0.3, 0.4) is 0 Å². The highest BCUT2D eigenvalue weighted by Gasteiger charge is 2.35. The van der Waals surface area contributed by atoms with Crippen molar-refractivity contribution >= 4 is 50.7 Å². The second-order valence-electron chi connectivity index (χ2n) is 11.1. The van der Waals surface area contributed by atoms with Gasteiger partial charge in [0.15, 0.2) is 11.5 Å². The molecule has 0 spiro atoms. The topological polar surface area (TPSA) is 114 Å². The number of halogens is 2. The summed E-state index contributed by atoms with van der Waals surface area (Å²) in [5, 5.41) is 3.84. The highest BCUT2D eigenvalue weighted by Crippen LogP contribution is 2.33. The lowest BCUT2D eigenvalue weighted by molar-refractivity contribution is -0.140. The summed E-state index contributed by atoms with van der Waals surface area (Å²) in [5.74, 6) is 0.204. The molecule has 2 amide bonds. The van der Waals surface area contributed by atoms with Crippen LogP contribution in [0.1, 0.15) is 51.5 Å². The van der Waals surface area contributed by atoms with Gasteiger partial charge in [-0.1, -0.05) is 49.0 Å². The van der Waals surface area contributed by atoms with Crippen LogP contribution in [0.2, 0.25) is 10.0 Å². The molecule has 1 fully saturated rings. The van der Waals surface area contributed by atoms with Gasteiger partial charge in [-0.05, 0) is 80.3 Å². The number of carbonyl (C=O) groups excluding carboxylic acids is 2. The van der Waals surface area contributed by atoms with E-state index < -0.39 is 28.5 Å². The Labute approximate surface area is 286 Å². The van der Waals surface area contributed by atoms with E-state index in [9.17, 15) is 18.0 Å². The van der Waals surface area contributed by atoms with Crippen molar-refractivity contribution in [3.8, 4) is 17.2 Å². The molecule has 3 aromatic rings. The van der Waals surface area contributed by atoms with Gasteiger partial charge in [0.25, 0.3) is 10.0 Å². The number of amides is 2. The molecule has 47 heavy (non-hydrogen) atoms. The highest BCUT2D eigenvalue weighted by atomic mass is 35.5. The molecule has 0 saturated heterocycles. The molecule has 0 bridgehead atoms. The van der Waals surface area contributed by atoms with Crippen molar-refractivity contribution in [3.63, 3.8) is 0 Å². The van der Waals surface area contributed by atoms with Crippen molar-refractivity contribution in [2.24, 2.45) is 0 Å². The second-order valence-corrected chi connectivity index (χ2v) is 13.8. The second kappa shape index (κ2) is 16.4. The van der Waals surface area contributed by atoms with Gasteiger partial charge in [-0.15, -0.1) is 0 Å². The Kier molecular flexibility index (Phi) is 12.6. The summed E-state index contributed by atoms with van der Waals surface area (Å²) >= 11 is 12.7. The van der Waals surface area contributed by atoms with Crippen LogP contribution in [0.5, 0.6) is 17.2 Å². The quantitative estimate of drug-likeness (QED) is 0.193. The molecule has 1 saturated carbocycles. The zero-order valence-corrected chi connectivity index (χ0v) is 29.3. The van der Waals surface area contributed by atoms with E-state index in [1.165, 1.54) is 37.3 Å². The van der Waals surface area contributed by atoms with Crippen LogP contribution in [0.4, 0.5) is 5.69 Å². The number of rotatable bonds is 15. The first kappa shape index (κ1) is 36.2. The van der Waals surface area contributed by atoms with Crippen molar-refractivity contribution in [2.75, 3.05) is 31.7 Å². The Morgan fingerprint density at radius 3 is 2.21 bits per heavy atom. The first-order chi connectivity index (χ1) is 22.5. The van der Waals surface area contributed by atoms with Crippen LogP contribution in [0.15, 0.2) is 65.6 Å². The molecule has 0 heterocycles. The van der Waals surface area contributed by atoms with Gasteiger partial charge in [0, 0.05) is 28.7 Å². The molecule has 254 valence electrons. The maximum absolute atomic E-state index is 14.4. The summed E-state index contributed by atoms with van der Waals surface area (Å²) in [7, 11) is -1.50. The number of hydrogen-bond donors (Lipinski definition) is 1. The minimum Gasteiger partial charge on any atom is -0.494 e. The number of ether oxygens (including phenoxy) is 3. The maximum Gasteiger partial charge on any atom is 0.264 e. The highest BCUT2D eigenvalue weighted by molar-refractivity contribution is 7.92. The normalized spacial score (nSPS) is 13.9. The zero-order valence-electron chi connectivity index (χ0n) is 27.0. The molecule has 1 aliphatic rings. The summed E-state index contributed by atoms with van der Waals surface area (Å²) < 4.78 is 45.9. The van der Waals surface area contributed by atoms with E-state index in [1.807, 2.05) is 13.8 Å². The lowest BCUT2D eigenvalue weighted by atomic mass is 10.1. The molecule has 10 nitrogen and oxygen atoms in total. The van der Waals surface area contributed by atoms with Crippen molar-refractivity contribution in [3.05, 3.63) is 76.3 Å². The van der Waals surface area contributed by atoms with Gasteiger partial charge in [-0.25, -0.2) is 8.42 Å². The van der Waals surface area contributed by atoms with Crippen molar-refractivity contribution in [1.29, 1.82) is 0 Å². The molecular weight excluding hydrogens is 665 g/mol. The van der Waals surface area contributed by atoms with E-state index in [4.69, 9.17) is 37.4 Å². The third-order valence-electron chi connectivity index (χ3n) is 8.10. The van der Waals surface area contributed by atoms with Gasteiger partial charge in [-0.3, -0.25) is 13.9 Å². The molecular formula is C34H41Cl2N3O7S. The standard InChI is InChI=1S/C34H41Cl2N3O7S/c1-5-30(34(41)37-25-9-7-8-10-25)38(21-23-11-12-24(35)19-29(23)36)33(40)22-39(26-13-15-27(16-14-26)46-6-2)47(42,43)28-17-18-31(44-3)32(20-28)45-4/h11-20,25,30H,5-10,21-22H2,1-4H3,(H,37,41). The van der Waals surface area contributed by atoms with Gasteiger partial charge in [0.2, 0.25) is 11.8 Å². The third kappa shape index (κ3) is 8.82. The molecule has 1 unspecified atom stereocenters. The molecule has 1 aliphatic carbocycles. The summed E-state index contributed by atoms with van der Waals surface area (Å²) in [6.07, 6.45) is 4.08. The van der Waals surface area contributed by atoms with Gasteiger partial charge < -0.3 is 24.4 Å². The average molecular weight is 707 g/mol. The molecule has 13 heteroatoms. The Morgan fingerprint density at radius 1 is 0.936 bits per heavy atom. The van der Waals surface area contributed by atoms with Crippen LogP contribution in [0.25, 0.3) is 0 Å². The number of methoxy groups -OCH3 is 2. The number of hydrogen-bond acceptors (Lipinski definition) is 7. The molecule has 0 aromatic heterocycles. The van der Waals surface area contributed by atoms with E-state index in [0.29, 0.717) is 40.1 Å². The Morgan fingerprint density at radius 2 is 1.62 bits per heavy atom. The zero-order chi connectivity index (χ0) is 34.1. The fourth-order valence-corrected chi connectivity index (χ4v) is 7.53. The first-order valence-electron chi connectivity index (χ1n) is 15.5. The van der Waals surface area contributed by atoms with E-state index in [1.54, 1.807) is 42.5 Å². The van der Waals surface area contributed by atoms with Crippen LogP contribution in [-0.4, -0.2) is 64.6 Å². The maximum atomic E-state index is 14.4. The van der Waals surface area contributed by atoms with Crippen LogP contribution < -0.4 is 23.8 Å². The van der Waals surface area contributed by atoms with E-state index >= 15 is 0 Å². The molecule has 1 N–H and O–H groups in total. The SMILES string of the molecule is CCOc1ccc(N(CC(=O)N(Cc2ccc(Cl)cc2Cl)C(CC)C(=O)NC2CCCC2)S(=O)(=O)c2ccc(OC)c(OC)c2)cc1. The molecule has 1 atom stereocenters. The summed E-state index contributed by atoms with van der Waals surface area (Å²) in [5.41, 5.74) is 0.788. The molecule has 3 aromatic carbocycles. The number of benzene rings is 3. The Balaban J connectivity index is 1.77. The van der Waals surface area contributed by atoms with Crippen molar-refractivity contribution in [1.82, 2.24) is 10.2 Å². The van der Waals surface area contributed by atoms with Crippen LogP contribution in [0, 0.1) is 0 Å². The summed E-state index contributed by atoms with van der Waals surface area (Å²) in [6.45, 7) is 3.43. The van der Waals surface area contributed by atoms with Crippen LogP contribution >= 0.6 is 23.2 Å². The third-order valence-corrected chi connectivity index (χ3v) is 10.5. The number of nitrogens with zero attached hydrogens (tertiary/aromatic N) is 2. The van der Waals surface area contributed by atoms with Gasteiger partial charge in [0.1, 0.15) is 18.3 Å². The lowest BCUT2D eigenvalue weighted by Crippen LogP contribution is -2.53. The average Bonchev–Trinajstić information content (AvgIpc) is 3.57. The summed E-state index contributed by atoms with van der Waals surface area (Å²) in [4.78, 5) is 29.4. The van der Waals surface area contributed by atoms with Gasteiger partial charge in [0.05, 0.1) is 31.4 Å². The molecule has 4 rings (SSSR count). The van der Waals surface area contributed by atoms with Gasteiger partial charge >= 0.3 is 0 Å². The predicted octanol–water partition coefficient (Wildman–Crippen LogP) is 6.47. The monoisotopic (exact) mass is 705 g/mol. The van der Waals surface area contributed by atoms with E-state index in [-0.39, 0.29) is 34.8 Å². The van der Waals surface area contributed by atoms with Crippen molar-refractivity contribution < 1.29 is 32.2 Å². The van der Waals surface area contributed by atoms with Crippen molar-refractivity contribution in [2.45, 2.75) is 69.5 Å². The molecule has 0 radical (unpaired) electrons. The number of nitrogens with one attached hydrogen (secondary N) is 1. The minimum atomic E-state index is -4.36. The van der Waals surface area contributed by atoms with E-state index in [0.717, 1.165) is 30.0 Å². The number of sulfonamides is 1. The fraction of sp³-hybridized carbons (Fsp3) is 0.412. The number of carbonyl (C=O) groups is 2. The minimum absolute atomic E-state index is 0.0263. The van der Waals surface area contributed by atoms with Crippen LogP contribution in [-0.2, 0) is 26.2 Å². The lowest BCUT2D eigenvalue weighted by Gasteiger charge is -2.34. The summed E-state index contributed by atoms with van der Waals surface area (Å²) in [6, 6.07) is 14.7. The van der Waals surface area contributed by atoms with E-state index in [2.05, 4.69) is 5.32 Å². The van der Waals surface area contributed by atoms with Gasteiger partial charge in [-0.2, -0.15) is 0 Å². The smallest absolute Gasteiger partial charge is 0.264 e. The first-order valence-corrected chi connectivity index (χ1v) is 17.7.